The maximum Gasteiger partial charge on any atom is 0.225 e. The molecule has 1 unspecified atom stereocenters. The molecule has 0 aliphatic carbocycles. The quantitative estimate of drug-likeness (QED) is 0.824. The highest BCUT2D eigenvalue weighted by Gasteiger charge is 2.26. The number of piperazine rings is 1. The van der Waals surface area contributed by atoms with Crippen LogP contribution in [0.15, 0.2) is 48.5 Å². The number of hydrogen-bond donors (Lipinski definition) is 0. The van der Waals surface area contributed by atoms with Crippen LogP contribution in [-0.4, -0.2) is 44.1 Å². The Balaban J connectivity index is 1.59. The van der Waals surface area contributed by atoms with Crippen LogP contribution in [0.25, 0.3) is 0 Å². The lowest BCUT2D eigenvalue weighted by atomic mass is 9.99. The van der Waals surface area contributed by atoms with Crippen LogP contribution in [0.1, 0.15) is 12.5 Å². The summed E-state index contributed by atoms with van der Waals surface area (Å²) in [5, 5.41) is 0. The summed E-state index contributed by atoms with van der Waals surface area (Å²) in [6, 6.07) is 14.6. The molecular weight excluding hydrogens is 331 g/mol. The zero-order valence-electron chi connectivity index (χ0n) is 15.3. The molecule has 26 heavy (non-hydrogen) atoms. The summed E-state index contributed by atoms with van der Waals surface area (Å²) in [7, 11) is 1.67. The molecule has 0 spiro atoms. The van der Waals surface area contributed by atoms with E-state index in [1.807, 2.05) is 42.2 Å². The van der Waals surface area contributed by atoms with Gasteiger partial charge < -0.3 is 14.5 Å². The van der Waals surface area contributed by atoms with Crippen molar-refractivity contribution in [2.45, 2.75) is 13.3 Å². The van der Waals surface area contributed by atoms with Crippen LogP contribution in [0.5, 0.6) is 5.75 Å². The first-order valence-electron chi connectivity index (χ1n) is 9.00. The summed E-state index contributed by atoms with van der Waals surface area (Å²) in [6.07, 6.45) is 0.429. The number of methoxy groups -OCH3 is 1. The maximum absolute atomic E-state index is 13.8. The Hall–Kier alpha value is -2.56. The van der Waals surface area contributed by atoms with Crippen molar-refractivity contribution in [2.75, 3.05) is 38.2 Å². The molecule has 1 aliphatic rings. The molecule has 2 aromatic rings. The van der Waals surface area contributed by atoms with Gasteiger partial charge in [0.2, 0.25) is 5.91 Å². The third-order valence-corrected chi connectivity index (χ3v) is 4.92. The number of ether oxygens (including phenoxy) is 1. The van der Waals surface area contributed by atoms with Crippen molar-refractivity contribution in [3.8, 4) is 5.75 Å². The number of rotatable bonds is 5. The largest absolute Gasteiger partial charge is 0.495 e. The zero-order valence-corrected chi connectivity index (χ0v) is 15.3. The van der Waals surface area contributed by atoms with Crippen molar-refractivity contribution in [2.24, 2.45) is 5.92 Å². The van der Waals surface area contributed by atoms with Crippen molar-refractivity contribution in [3.63, 3.8) is 0 Å². The summed E-state index contributed by atoms with van der Waals surface area (Å²) in [5.41, 5.74) is 1.66. The smallest absolute Gasteiger partial charge is 0.225 e. The molecule has 1 fully saturated rings. The van der Waals surface area contributed by atoms with E-state index in [1.54, 1.807) is 19.2 Å². The van der Waals surface area contributed by atoms with Crippen LogP contribution in [0.4, 0.5) is 10.1 Å². The molecule has 1 heterocycles. The highest BCUT2D eigenvalue weighted by Crippen LogP contribution is 2.28. The molecule has 2 aromatic carbocycles. The van der Waals surface area contributed by atoms with E-state index in [2.05, 4.69) is 4.90 Å². The van der Waals surface area contributed by atoms with Gasteiger partial charge in [-0.15, -0.1) is 0 Å². The SMILES string of the molecule is COc1ccccc1N1CCN(C(=O)C(C)Cc2ccccc2F)CC1. The Morgan fingerprint density at radius 2 is 1.73 bits per heavy atom. The second kappa shape index (κ2) is 8.21. The lowest BCUT2D eigenvalue weighted by Crippen LogP contribution is -2.50. The number of halogens is 1. The van der Waals surface area contributed by atoms with Gasteiger partial charge >= 0.3 is 0 Å². The minimum absolute atomic E-state index is 0.0907. The predicted molar refractivity (Wildman–Crippen MR) is 101 cm³/mol. The average molecular weight is 356 g/mol. The van der Waals surface area contributed by atoms with Crippen molar-refractivity contribution < 1.29 is 13.9 Å². The van der Waals surface area contributed by atoms with Gasteiger partial charge in [-0.2, -0.15) is 0 Å². The van der Waals surface area contributed by atoms with E-state index in [0.717, 1.165) is 24.5 Å². The summed E-state index contributed by atoms with van der Waals surface area (Å²) < 4.78 is 19.3. The Morgan fingerprint density at radius 1 is 1.08 bits per heavy atom. The minimum atomic E-state index is -0.242. The first kappa shape index (κ1) is 18.2. The molecule has 1 amide bonds. The van der Waals surface area contributed by atoms with Crippen LogP contribution < -0.4 is 9.64 Å². The summed E-state index contributed by atoms with van der Waals surface area (Å²) in [4.78, 5) is 16.9. The number of hydrogen-bond acceptors (Lipinski definition) is 3. The lowest BCUT2D eigenvalue weighted by Gasteiger charge is -2.37. The Morgan fingerprint density at radius 3 is 2.42 bits per heavy atom. The van der Waals surface area contributed by atoms with Gasteiger partial charge in [-0.05, 0) is 30.2 Å². The van der Waals surface area contributed by atoms with Crippen molar-refractivity contribution in [1.82, 2.24) is 4.90 Å². The molecule has 1 aliphatic heterocycles. The highest BCUT2D eigenvalue weighted by atomic mass is 19.1. The fourth-order valence-electron chi connectivity index (χ4n) is 3.45. The zero-order chi connectivity index (χ0) is 18.5. The predicted octanol–water partition coefficient (Wildman–Crippen LogP) is 3.36. The molecule has 5 heteroatoms. The molecule has 1 saturated heterocycles. The van der Waals surface area contributed by atoms with Gasteiger partial charge in [0.1, 0.15) is 11.6 Å². The van der Waals surface area contributed by atoms with Gasteiger partial charge in [-0.1, -0.05) is 37.3 Å². The molecule has 3 rings (SSSR count). The summed E-state index contributed by atoms with van der Waals surface area (Å²) in [5.74, 6) is 0.464. The van der Waals surface area contributed by atoms with E-state index in [0.29, 0.717) is 25.1 Å². The number of anilines is 1. The summed E-state index contributed by atoms with van der Waals surface area (Å²) in [6.45, 7) is 4.73. The minimum Gasteiger partial charge on any atom is -0.495 e. The van der Waals surface area contributed by atoms with Gasteiger partial charge in [0.25, 0.3) is 0 Å². The van der Waals surface area contributed by atoms with Gasteiger partial charge in [-0.25, -0.2) is 4.39 Å². The second-order valence-corrected chi connectivity index (χ2v) is 6.68. The van der Waals surface area contributed by atoms with Crippen molar-refractivity contribution in [1.29, 1.82) is 0 Å². The molecule has 0 aromatic heterocycles. The lowest BCUT2D eigenvalue weighted by molar-refractivity contribution is -0.135. The number of benzene rings is 2. The van der Waals surface area contributed by atoms with Crippen LogP contribution in [0.3, 0.4) is 0 Å². The van der Waals surface area contributed by atoms with Gasteiger partial charge in [0, 0.05) is 32.1 Å². The Labute approximate surface area is 154 Å². The Bertz CT molecular complexity index is 757. The van der Waals surface area contributed by atoms with E-state index in [4.69, 9.17) is 4.74 Å². The van der Waals surface area contributed by atoms with Gasteiger partial charge in [0.05, 0.1) is 12.8 Å². The van der Waals surface area contributed by atoms with E-state index < -0.39 is 0 Å². The van der Waals surface area contributed by atoms with E-state index in [1.165, 1.54) is 6.07 Å². The van der Waals surface area contributed by atoms with Gasteiger partial charge in [0.15, 0.2) is 0 Å². The normalized spacial score (nSPS) is 15.7. The van der Waals surface area contributed by atoms with E-state index in [9.17, 15) is 9.18 Å². The molecule has 4 nitrogen and oxygen atoms in total. The first-order chi connectivity index (χ1) is 12.6. The third-order valence-electron chi connectivity index (χ3n) is 4.92. The van der Waals surface area contributed by atoms with Crippen LogP contribution >= 0.6 is 0 Å². The first-order valence-corrected chi connectivity index (χ1v) is 9.00. The number of carbonyl (C=O) groups is 1. The maximum atomic E-state index is 13.8. The van der Waals surface area contributed by atoms with Crippen LogP contribution in [-0.2, 0) is 11.2 Å². The summed E-state index contributed by atoms with van der Waals surface area (Å²) >= 11 is 0. The molecule has 0 N–H and O–H groups in total. The van der Waals surface area contributed by atoms with Gasteiger partial charge in [-0.3, -0.25) is 4.79 Å². The molecule has 0 radical (unpaired) electrons. The third kappa shape index (κ3) is 3.98. The Kier molecular flexibility index (Phi) is 5.76. The number of para-hydroxylation sites is 2. The molecular formula is C21H25FN2O2. The topological polar surface area (TPSA) is 32.8 Å². The number of carbonyl (C=O) groups excluding carboxylic acids is 1. The number of amides is 1. The molecule has 0 bridgehead atoms. The fourth-order valence-corrected chi connectivity index (χ4v) is 3.45. The molecule has 0 saturated carbocycles. The molecule has 138 valence electrons. The number of nitrogens with zero attached hydrogens (tertiary/aromatic N) is 2. The molecule has 1 atom stereocenters. The highest BCUT2D eigenvalue weighted by molar-refractivity contribution is 5.79. The standard InChI is InChI=1S/C21H25FN2O2/c1-16(15-17-7-3-4-8-18(17)22)21(25)24-13-11-23(12-14-24)19-9-5-6-10-20(19)26-2/h3-10,16H,11-15H2,1-2H3. The monoisotopic (exact) mass is 356 g/mol. The second-order valence-electron chi connectivity index (χ2n) is 6.68. The van der Waals surface area contributed by atoms with Crippen molar-refractivity contribution >= 4 is 11.6 Å². The van der Waals surface area contributed by atoms with E-state index in [-0.39, 0.29) is 17.6 Å². The van der Waals surface area contributed by atoms with E-state index >= 15 is 0 Å². The average Bonchev–Trinajstić information content (AvgIpc) is 2.69. The van der Waals surface area contributed by atoms with Crippen molar-refractivity contribution in [3.05, 3.63) is 59.9 Å². The van der Waals surface area contributed by atoms with Crippen LogP contribution in [0.2, 0.25) is 0 Å². The fraction of sp³-hybridized carbons (Fsp3) is 0.381. The van der Waals surface area contributed by atoms with Crippen LogP contribution in [0, 0.1) is 11.7 Å².